The van der Waals surface area contributed by atoms with Gasteiger partial charge in [0.25, 0.3) is 0 Å². The first-order valence-electron chi connectivity index (χ1n) is 3.86. The van der Waals surface area contributed by atoms with Crippen LogP contribution < -0.4 is 5.32 Å². The Labute approximate surface area is 74.2 Å². The largest absolute Gasteiger partial charge is 0.331 e. The highest BCUT2D eigenvalue weighted by Gasteiger charge is 2.07. The van der Waals surface area contributed by atoms with Gasteiger partial charge in [0.1, 0.15) is 0 Å². The molecule has 0 atom stereocenters. The molecule has 0 saturated heterocycles. The molecule has 3 heteroatoms. The SMILES string of the molecule is C[Si](C)C(=O)Nc1ccccc1. The molecule has 1 aromatic carbocycles. The lowest BCUT2D eigenvalue weighted by atomic mass is 10.3. The molecule has 0 aliphatic rings. The van der Waals surface area contributed by atoms with Crippen LogP contribution in [0.1, 0.15) is 0 Å². The maximum absolute atomic E-state index is 11.2. The van der Waals surface area contributed by atoms with Crippen LogP contribution in [0, 0.1) is 0 Å². The van der Waals surface area contributed by atoms with Crippen molar-refractivity contribution in [3.8, 4) is 0 Å². The molecule has 0 saturated carbocycles. The van der Waals surface area contributed by atoms with Crippen LogP contribution >= 0.6 is 0 Å². The number of para-hydroxylation sites is 1. The first kappa shape index (κ1) is 9.00. The minimum atomic E-state index is -0.860. The molecule has 1 N–H and O–H groups in total. The third-order valence-corrected chi connectivity index (χ3v) is 2.52. The van der Waals surface area contributed by atoms with Crippen molar-refractivity contribution in [3.63, 3.8) is 0 Å². The van der Waals surface area contributed by atoms with Gasteiger partial charge in [0, 0.05) is 5.69 Å². The maximum Gasteiger partial charge on any atom is 0.194 e. The van der Waals surface area contributed by atoms with Crippen molar-refractivity contribution in [2.24, 2.45) is 0 Å². The summed E-state index contributed by atoms with van der Waals surface area (Å²) < 4.78 is 0. The predicted octanol–water partition coefficient (Wildman–Crippen LogP) is 2.55. The van der Waals surface area contributed by atoms with Gasteiger partial charge in [-0.3, -0.25) is 4.79 Å². The van der Waals surface area contributed by atoms with Crippen LogP contribution in [-0.4, -0.2) is 14.3 Å². The van der Waals surface area contributed by atoms with Crippen molar-refractivity contribution >= 4 is 20.0 Å². The fraction of sp³-hybridized carbons (Fsp3) is 0.222. The Morgan fingerprint density at radius 1 is 1.25 bits per heavy atom. The highest BCUT2D eigenvalue weighted by atomic mass is 28.3. The number of amides is 1. The van der Waals surface area contributed by atoms with Gasteiger partial charge in [-0.05, 0) is 12.1 Å². The Morgan fingerprint density at radius 3 is 2.33 bits per heavy atom. The average molecular weight is 178 g/mol. The lowest BCUT2D eigenvalue weighted by Crippen LogP contribution is -2.24. The molecule has 0 heterocycles. The van der Waals surface area contributed by atoms with E-state index >= 15 is 0 Å². The smallest absolute Gasteiger partial charge is 0.194 e. The highest BCUT2D eigenvalue weighted by molar-refractivity contribution is 6.89. The molecular weight excluding hydrogens is 166 g/mol. The highest BCUT2D eigenvalue weighted by Crippen LogP contribution is 2.05. The molecule has 0 fully saturated rings. The number of benzene rings is 1. The van der Waals surface area contributed by atoms with Crippen LogP contribution in [0.25, 0.3) is 0 Å². The monoisotopic (exact) mass is 178 g/mol. The van der Waals surface area contributed by atoms with Gasteiger partial charge in [0.05, 0.1) is 0 Å². The summed E-state index contributed by atoms with van der Waals surface area (Å²) >= 11 is 0. The summed E-state index contributed by atoms with van der Waals surface area (Å²) in [6, 6.07) is 9.53. The summed E-state index contributed by atoms with van der Waals surface area (Å²) in [5, 5.41) is 2.85. The molecule has 1 rings (SSSR count). The van der Waals surface area contributed by atoms with Crippen molar-refractivity contribution in [1.82, 2.24) is 0 Å². The van der Waals surface area contributed by atoms with Gasteiger partial charge in [-0.1, -0.05) is 31.3 Å². The molecule has 0 aliphatic carbocycles. The van der Waals surface area contributed by atoms with E-state index in [4.69, 9.17) is 0 Å². The van der Waals surface area contributed by atoms with Gasteiger partial charge in [-0.2, -0.15) is 0 Å². The van der Waals surface area contributed by atoms with Crippen molar-refractivity contribution in [3.05, 3.63) is 30.3 Å². The fourth-order valence-electron chi connectivity index (χ4n) is 0.778. The third kappa shape index (κ3) is 2.51. The predicted molar refractivity (Wildman–Crippen MR) is 52.9 cm³/mol. The average Bonchev–Trinajstić information content (AvgIpc) is 2.06. The van der Waals surface area contributed by atoms with E-state index in [2.05, 4.69) is 5.32 Å². The number of hydrogen-bond acceptors (Lipinski definition) is 1. The van der Waals surface area contributed by atoms with Crippen LogP contribution in [0.3, 0.4) is 0 Å². The van der Waals surface area contributed by atoms with Crippen molar-refractivity contribution in [2.75, 3.05) is 5.32 Å². The standard InChI is InChI=1S/C9H12NOSi/c1-12(2)9(11)10-8-6-4-3-5-7-8/h3-7H,1-2H3,(H,10,11). The van der Waals surface area contributed by atoms with E-state index in [0.29, 0.717) is 0 Å². The van der Waals surface area contributed by atoms with Crippen LogP contribution in [-0.2, 0) is 0 Å². The fourth-order valence-corrected chi connectivity index (χ4v) is 1.17. The van der Waals surface area contributed by atoms with Gasteiger partial charge < -0.3 is 5.32 Å². The van der Waals surface area contributed by atoms with Crippen LogP contribution in [0.5, 0.6) is 0 Å². The number of carbonyl (C=O) groups is 1. The maximum atomic E-state index is 11.2. The van der Waals surface area contributed by atoms with Crippen molar-refractivity contribution in [2.45, 2.75) is 13.1 Å². The summed E-state index contributed by atoms with van der Waals surface area (Å²) in [7, 11) is -0.860. The summed E-state index contributed by atoms with van der Waals surface area (Å²) in [6.45, 7) is 3.95. The minimum absolute atomic E-state index is 0.159. The van der Waals surface area contributed by atoms with Gasteiger partial charge in [-0.15, -0.1) is 0 Å². The zero-order valence-electron chi connectivity index (χ0n) is 7.29. The number of carbonyl (C=O) groups excluding carboxylic acids is 1. The van der Waals surface area contributed by atoms with Gasteiger partial charge in [-0.25, -0.2) is 0 Å². The zero-order valence-corrected chi connectivity index (χ0v) is 8.29. The normalized spacial score (nSPS) is 9.92. The van der Waals surface area contributed by atoms with Crippen molar-refractivity contribution < 1.29 is 4.79 Å². The molecule has 1 aromatic rings. The lowest BCUT2D eigenvalue weighted by Gasteiger charge is -2.05. The first-order valence-corrected chi connectivity index (χ1v) is 6.36. The topological polar surface area (TPSA) is 29.1 Å². The van der Waals surface area contributed by atoms with E-state index < -0.39 is 8.80 Å². The number of nitrogens with one attached hydrogen (secondary N) is 1. The molecule has 0 aliphatic heterocycles. The quantitative estimate of drug-likeness (QED) is 0.693. The molecular formula is C9H12NOSi. The minimum Gasteiger partial charge on any atom is -0.331 e. The summed E-state index contributed by atoms with van der Waals surface area (Å²) in [5.74, 6) is 0. The number of hydrogen-bond donors (Lipinski definition) is 1. The lowest BCUT2D eigenvalue weighted by molar-refractivity contribution is 0.268. The molecule has 63 valence electrons. The molecule has 0 spiro atoms. The van der Waals surface area contributed by atoms with Crippen LogP contribution in [0.2, 0.25) is 13.1 Å². The van der Waals surface area contributed by atoms with E-state index in [9.17, 15) is 4.79 Å². The Morgan fingerprint density at radius 2 is 1.83 bits per heavy atom. The Bertz CT molecular complexity index is 258. The second-order valence-electron chi connectivity index (χ2n) is 2.82. The molecule has 1 radical (unpaired) electrons. The third-order valence-electron chi connectivity index (χ3n) is 1.49. The Balaban J connectivity index is 2.59. The van der Waals surface area contributed by atoms with E-state index in [1.807, 2.05) is 43.4 Å². The van der Waals surface area contributed by atoms with Crippen LogP contribution in [0.4, 0.5) is 10.5 Å². The molecule has 1 amide bonds. The van der Waals surface area contributed by atoms with Crippen molar-refractivity contribution in [1.29, 1.82) is 0 Å². The number of anilines is 1. The van der Waals surface area contributed by atoms with Gasteiger partial charge in [0.15, 0.2) is 14.3 Å². The molecule has 12 heavy (non-hydrogen) atoms. The summed E-state index contributed by atoms with van der Waals surface area (Å²) in [6.07, 6.45) is 0. The second kappa shape index (κ2) is 4.06. The van der Waals surface area contributed by atoms with E-state index in [1.54, 1.807) is 0 Å². The molecule has 0 bridgehead atoms. The summed E-state index contributed by atoms with van der Waals surface area (Å²) in [4.78, 5) is 11.2. The van der Waals surface area contributed by atoms with Gasteiger partial charge >= 0.3 is 0 Å². The van der Waals surface area contributed by atoms with E-state index in [-0.39, 0.29) is 5.53 Å². The Kier molecular flexibility index (Phi) is 3.05. The van der Waals surface area contributed by atoms with Gasteiger partial charge in [0.2, 0.25) is 0 Å². The molecule has 0 aromatic heterocycles. The van der Waals surface area contributed by atoms with E-state index in [0.717, 1.165) is 5.69 Å². The van der Waals surface area contributed by atoms with E-state index in [1.165, 1.54) is 0 Å². The zero-order chi connectivity index (χ0) is 8.97. The first-order chi connectivity index (χ1) is 5.70. The number of rotatable bonds is 2. The second-order valence-corrected chi connectivity index (χ2v) is 5.27. The molecule has 0 unspecified atom stereocenters. The Hall–Kier alpha value is -1.09. The summed E-state index contributed by atoms with van der Waals surface area (Å²) in [5.41, 5.74) is 1.04. The van der Waals surface area contributed by atoms with Crippen LogP contribution in [0.15, 0.2) is 30.3 Å². The molecule has 2 nitrogen and oxygen atoms in total.